The maximum Gasteiger partial charge on any atom is 0.149 e. The van der Waals surface area contributed by atoms with Crippen LogP contribution >= 0.6 is 11.6 Å². The molecule has 1 aromatic carbocycles. The second kappa shape index (κ2) is 4.47. The summed E-state index contributed by atoms with van der Waals surface area (Å²) in [7, 11) is 1.89. The van der Waals surface area contributed by atoms with E-state index in [1.54, 1.807) is 6.92 Å². The summed E-state index contributed by atoms with van der Waals surface area (Å²) in [6, 6.07) is 5.70. The molecule has 0 saturated carbocycles. The van der Waals surface area contributed by atoms with Gasteiger partial charge in [-0.15, -0.1) is 0 Å². The van der Waals surface area contributed by atoms with Gasteiger partial charge in [0.15, 0.2) is 0 Å². The number of likely N-dealkylation sites (N-methyl/N-ethyl adjacent to an activating group) is 1. The van der Waals surface area contributed by atoms with Gasteiger partial charge in [0.1, 0.15) is 5.78 Å². The second-order valence-electron chi connectivity index (χ2n) is 3.44. The minimum Gasteiger partial charge on any atom is -0.367 e. The lowest BCUT2D eigenvalue weighted by atomic mass is 10.2. The Hall–Kier alpha value is -1.02. The fourth-order valence-electron chi connectivity index (χ4n) is 1.43. The highest BCUT2D eigenvalue weighted by atomic mass is 35.5. The lowest BCUT2D eigenvalue weighted by Gasteiger charge is -2.20. The minimum absolute atomic E-state index is 0.145. The topological polar surface area (TPSA) is 20.3 Å². The van der Waals surface area contributed by atoms with Crippen LogP contribution in [0.1, 0.15) is 12.5 Å². The van der Waals surface area contributed by atoms with Crippen molar-refractivity contribution in [2.45, 2.75) is 13.8 Å². The van der Waals surface area contributed by atoms with Gasteiger partial charge in [-0.25, -0.2) is 0 Å². The number of carbonyl (C=O) groups excluding carboxylic acids is 1. The first-order chi connectivity index (χ1) is 6.52. The third kappa shape index (κ3) is 2.48. The molecule has 0 spiro atoms. The van der Waals surface area contributed by atoms with Gasteiger partial charge in [-0.3, -0.25) is 4.79 Å². The summed E-state index contributed by atoms with van der Waals surface area (Å²) in [6.07, 6.45) is 0. The lowest BCUT2D eigenvalue weighted by Crippen LogP contribution is -2.24. The zero-order valence-electron chi connectivity index (χ0n) is 8.67. The molecule has 0 N–H and O–H groups in total. The molecule has 0 unspecified atom stereocenters. The van der Waals surface area contributed by atoms with Crippen molar-refractivity contribution < 1.29 is 4.79 Å². The molecule has 0 amide bonds. The van der Waals surface area contributed by atoms with Crippen LogP contribution in [0.25, 0.3) is 0 Å². The first-order valence-corrected chi connectivity index (χ1v) is 4.86. The number of nitrogens with zero attached hydrogens (tertiary/aromatic N) is 1. The summed E-state index contributed by atoms with van der Waals surface area (Å²) in [5.74, 6) is 0.145. The Morgan fingerprint density at radius 1 is 1.50 bits per heavy atom. The van der Waals surface area contributed by atoms with E-state index in [2.05, 4.69) is 0 Å². The number of Topliss-reactive ketones (excluding diaryl/α,β-unsaturated/α-hetero) is 1. The molecule has 2 nitrogen and oxygen atoms in total. The third-order valence-electron chi connectivity index (χ3n) is 2.11. The van der Waals surface area contributed by atoms with Crippen LogP contribution < -0.4 is 4.90 Å². The van der Waals surface area contributed by atoms with Crippen LogP contribution in [0.3, 0.4) is 0 Å². The van der Waals surface area contributed by atoms with E-state index in [1.165, 1.54) is 0 Å². The molecular formula is C11H14ClNO. The van der Waals surface area contributed by atoms with Gasteiger partial charge in [0, 0.05) is 17.8 Å². The number of rotatable bonds is 3. The molecule has 0 aliphatic rings. The molecule has 0 bridgehead atoms. The number of anilines is 1. The Morgan fingerprint density at radius 2 is 2.14 bits per heavy atom. The van der Waals surface area contributed by atoms with Gasteiger partial charge in [0.05, 0.1) is 6.54 Å². The van der Waals surface area contributed by atoms with Crippen molar-refractivity contribution in [1.82, 2.24) is 0 Å². The highest BCUT2D eigenvalue weighted by molar-refractivity contribution is 6.31. The maximum absolute atomic E-state index is 10.9. The van der Waals surface area contributed by atoms with Crippen LogP contribution in [0.15, 0.2) is 18.2 Å². The highest BCUT2D eigenvalue weighted by Crippen LogP contribution is 2.25. The Balaban J connectivity index is 2.95. The van der Waals surface area contributed by atoms with Crippen LogP contribution in [0.2, 0.25) is 5.02 Å². The SMILES string of the molecule is CC(=O)CN(C)c1cccc(Cl)c1C. The summed E-state index contributed by atoms with van der Waals surface area (Å²) in [5, 5.41) is 0.734. The molecule has 0 atom stereocenters. The number of hydrogen-bond donors (Lipinski definition) is 0. The quantitative estimate of drug-likeness (QED) is 0.766. The van der Waals surface area contributed by atoms with Crippen molar-refractivity contribution in [2.24, 2.45) is 0 Å². The van der Waals surface area contributed by atoms with Crippen LogP contribution in [0, 0.1) is 6.92 Å². The summed E-state index contributed by atoms with van der Waals surface area (Å²) in [6.45, 7) is 3.95. The standard InChI is InChI=1S/C11H14ClNO/c1-8(14)7-13(3)11-6-4-5-10(12)9(11)2/h4-6H,7H2,1-3H3. The van der Waals surface area contributed by atoms with Crippen molar-refractivity contribution >= 4 is 23.1 Å². The molecule has 0 fully saturated rings. The van der Waals surface area contributed by atoms with Crippen LogP contribution in [0.5, 0.6) is 0 Å². The van der Waals surface area contributed by atoms with E-state index in [0.29, 0.717) is 6.54 Å². The van der Waals surface area contributed by atoms with Crippen LogP contribution in [0.4, 0.5) is 5.69 Å². The third-order valence-corrected chi connectivity index (χ3v) is 2.52. The molecule has 0 heterocycles. The van der Waals surface area contributed by atoms with Crippen molar-refractivity contribution in [2.75, 3.05) is 18.5 Å². The molecular weight excluding hydrogens is 198 g/mol. The van der Waals surface area contributed by atoms with E-state index in [4.69, 9.17) is 11.6 Å². The summed E-state index contributed by atoms with van der Waals surface area (Å²) in [5.41, 5.74) is 2.02. The lowest BCUT2D eigenvalue weighted by molar-refractivity contribution is -0.115. The fourth-order valence-corrected chi connectivity index (χ4v) is 1.60. The number of carbonyl (C=O) groups is 1. The molecule has 0 saturated heterocycles. The van der Waals surface area contributed by atoms with Gasteiger partial charge < -0.3 is 4.90 Å². The van der Waals surface area contributed by atoms with Gasteiger partial charge >= 0.3 is 0 Å². The highest BCUT2D eigenvalue weighted by Gasteiger charge is 2.07. The van der Waals surface area contributed by atoms with E-state index < -0.39 is 0 Å². The molecule has 0 aliphatic heterocycles. The van der Waals surface area contributed by atoms with Gasteiger partial charge in [-0.2, -0.15) is 0 Å². The number of ketones is 1. The van der Waals surface area contributed by atoms with Crippen molar-refractivity contribution in [3.05, 3.63) is 28.8 Å². The van der Waals surface area contributed by atoms with E-state index in [1.807, 2.05) is 37.1 Å². The van der Waals surface area contributed by atoms with Gasteiger partial charge in [0.2, 0.25) is 0 Å². The summed E-state index contributed by atoms with van der Waals surface area (Å²) >= 11 is 5.98. The number of halogens is 1. The second-order valence-corrected chi connectivity index (χ2v) is 3.85. The fraction of sp³-hybridized carbons (Fsp3) is 0.364. The predicted molar refractivity (Wildman–Crippen MR) is 60.1 cm³/mol. The first kappa shape index (κ1) is 11.1. The van der Waals surface area contributed by atoms with Crippen molar-refractivity contribution in [3.8, 4) is 0 Å². The van der Waals surface area contributed by atoms with Crippen molar-refractivity contribution in [3.63, 3.8) is 0 Å². The number of benzene rings is 1. The molecule has 0 radical (unpaired) electrons. The van der Waals surface area contributed by atoms with Gasteiger partial charge in [-0.1, -0.05) is 17.7 Å². The predicted octanol–water partition coefficient (Wildman–Crippen LogP) is 2.67. The molecule has 14 heavy (non-hydrogen) atoms. The smallest absolute Gasteiger partial charge is 0.149 e. The normalized spacial score (nSPS) is 10.0. The van der Waals surface area contributed by atoms with Gasteiger partial charge in [-0.05, 0) is 31.5 Å². The summed E-state index contributed by atoms with van der Waals surface area (Å²) in [4.78, 5) is 12.9. The van der Waals surface area contributed by atoms with Crippen LogP contribution in [-0.4, -0.2) is 19.4 Å². The Bertz CT molecular complexity index is 349. The molecule has 76 valence electrons. The monoisotopic (exact) mass is 211 g/mol. The van der Waals surface area contributed by atoms with E-state index in [0.717, 1.165) is 16.3 Å². The zero-order chi connectivity index (χ0) is 10.7. The average molecular weight is 212 g/mol. The first-order valence-electron chi connectivity index (χ1n) is 4.48. The van der Waals surface area contributed by atoms with Gasteiger partial charge in [0.25, 0.3) is 0 Å². The Labute approximate surface area is 89.5 Å². The Kier molecular flexibility index (Phi) is 3.53. The molecule has 1 aromatic rings. The largest absolute Gasteiger partial charge is 0.367 e. The Morgan fingerprint density at radius 3 is 2.71 bits per heavy atom. The van der Waals surface area contributed by atoms with E-state index in [-0.39, 0.29) is 5.78 Å². The van der Waals surface area contributed by atoms with E-state index >= 15 is 0 Å². The summed E-state index contributed by atoms with van der Waals surface area (Å²) < 4.78 is 0. The van der Waals surface area contributed by atoms with E-state index in [9.17, 15) is 4.79 Å². The van der Waals surface area contributed by atoms with Crippen LogP contribution in [-0.2, 0) is 4.79 Å². The maximum atomic E-state index is 10.9. The average Bonchev–Trinajstić information content (AvgIpc) is 2.08. The number of hydrogen-bond acceptors (Lipinski definition) is 2. The molecule has 3 heteroatoms. The van der Waals surface area contributed by atoms with Crippen molar-refractivity contribution in [1.29, 1.82) is 0 Å². The molecule has 0 aromatic heterocycles. The molecule has 1 rings (SSSR count). The zero-order valence-corrected chi connectivity index (χ0v) is 9.43. The minimum atomic E-state index is 0.145. The molecule has 0 aliphatic carbocycles.